The molecule has 3 aromatic rings. The van der Waals surface area contributed by atoms with Gasteiger partial charge in [0.25, 0.3) is 15.9 Å². The third-order valence-electron chi connectivity index (χ3n) is 3.64. The van der Waals surface area contributed by atoms with Crippen LogP contribution in [-0.2, 0) is 14.8 Å². The Hall–Kier alpha value is -3.03. The zero-order valence-electron chi connectivity index (χ0n) is 14.6. The largest absolute Gasteiger partial charge is 0.484 e. The number of para-hydroxylation sites is 1. The van der Waals surface area contributed by atoms with Gasteiger partial charge in [-0.1, -0.05) is 35.9 Å². The topological polar surface area (TPSA) is 84.5 Å². The first kappa shape index (κ1) is 19.7. The van der Waals surface area contributed by atoms with Gasteiger partial charge < -0.3 is 10.1 Å². The van der Waals surface area contributed by atoms with Crippen molar-refractivity contribution in [3.63, 3.8) is 0 Å². The predicted molar refractivity (Wildman–Crippen MR) is 109 cm³/mol. The normalized spacial score (nSPS) is 10.9. The van der Waals surface area contributed by atoms with E-state index in [4.69, 9.17) is 16.3 Å². The molecule has 28 heavy (non-hydrogen) atoms. The molecule has 0 aromatic heterocycles. The Morgan fingerprint density at radius 2 is 1.57 bits per heavy atom. The average molecular weight is 417 g/mol. The highest BCUT2D eigenvalue weighted by molar-refractivity contribution is 7.92. The van der Waals surface area contributed by atoms with Crippen LogP contribution in [0.4, 0.5) is 11.4 Å². The van der Waals surface area contributed by atoms with Crippen molar-refractivity contribution in [2.45, 2.75) is 4.90 Å². The fraction of sp³-hybridized carbons (Fsp3) is 0.0500. The monoisotopic (exact) mass is 416 g/mol. The number of rotatable bonds is 7. The maximum absolute atomic E-state index is 12.4. The van der Waals surface area contributed by atoms with Crippen molar-refractivity contribution in [2.75, 3.05) is 16.6 Å². The minimum Gasteiger partial charge on any atom is -0.484 e. The summed E-state index contributed by atoms with van der Waals surface area (Å²) >= 11 is 5.87. The van der Waals surface area contributed by atoms with Crippen LogP contribution in [0.3, 0.4) is 0 Å². The Kier molecular flexibility index (Phi) is 6.18. The zero-order chi connectivity index (χ0) is 20.0. The van der Waals surface area contributed by atoms with E-state index in [0.29, 0.717) is 22.1 Å². The maximum atomic E-state index is 12.4. The number of ether oxygens (including phenoxy) is 1. The third-order valence-corrected chi connectivity index (χ3v) is 5.27. The van der Waals surface area contributed by atoms with Gasteiger partial charge in [-0.3, -0.25) is 9.52 Å². The third kappa shape index (κ3) is 5.48. The van der Waals surface area contributed by atoms with E-state index in [1.165, 1.54) is 24.3 Å². The molecule has 0 aliphatic rings. The summed E-state index contributed by atoms with van der Waals surface area (Å²) in [5.41, 5.74) is 1.04. The van der Waals surface area contributed by atoms with Crippen LogP contribution in [-0.4, -0.2) is 20.9 Å². The van der Waals surface area contributed by atoms with Crippen LogP contribution in [0.1, 0.15) is 0 Å². The molecule has 0 bridgehead atoms. The van der Waals surface area contributed by atoms with Crippen molar-refractivity contribution >= 4 is 38.9 Å². The summed E-state index contributed by atoms with van der Waals surface area (Å²) in [5, 5.41) is 3.18. The Morgan fingerprint density at radius 3 is 2.25 bits per heavy atom. The van der Waals surface area contributed by atoms with Crippen molar-refractivity contribution in [2.24, 2.45) is 0 Å². The Labute approximate surface area is 168 Å². The van der Waals surface area contributed by atoms with Gasteiger partial charge in [0.05, 0.1) is 4.90 Å². The molecule has 0 saturated carbocycles. The summed E-state index contributed by atoms with van der Waals surface area (Å²) in [6, 6.07) is 21.2. The lowest BCUT2D eigenvalue weighted by Gasteiger charge is -2.10. The SMILES string of the molecule is O=C(COc1ccc(S(=O)(=O)Nc2ccccc2)cc1)Nc1cccc(Cl)c1. The summed E-state index contributed by atoms with van der Waals surface area (Å²) in [5.74, 6) is 0.0182. The van der Waals surface area contributed by atoms with Gasteiger partial charge in [0.2, 0.25) is 0 Å². The van der Waals surface area contributed by atoms with Crippen molar-refractivity contribution in [1.29, 1.82) is 0 Å². The summed E-state index contributed by atoms with van der Waals surface area (Å²) < 4.78 is 32.7. The summed E-state index contributed by atoms with van der Waals surface area (Å²) in [6.07, 6.45) is 0. The average Bonchev–Trinajstić information content (AvgIpc) is 2.67. The second-order valence-corrected chi connectivity index (χ2v) is 7.91. The molecule has 0 aliphatic carbocycles. The van der Waals surface area contributed by atoms with Crippen molar-refractivity contribution in [3.05, 3.63) is 83.9 Å². The number of anilines is 2. The second kappa shape index (κ2) is 8.77. The molecule has 1 amide bonds. The molecule has 0 unspecified atom stereocenters. The molecule has 0 aliphatic heterocycles. The summed E-state index contributed by atoms with van der Waals surface area (Å²) in [6.45, 7) is -0.221. The first-order valence-electron chi connectivity index (χ1n) is 8.28. The molecule has 0 saturated heterocycles. The Balaban J connectivity index is 1.57. The predicted octanol–water partition coefficient (Wildman–Crippen LogP) is 4.16. The standard InChI is InChI=1S/C20H17ClN2O4S/c21-15-5-4-8-17(13-15)22-20(24)14-27-18-9-11-19(12-10-18)28(25,26)23-16-6-2-1-3-7-16/h1-13,23H,14H2,(H,22,24). The Morgan fingerprint density at radius 1 is 0.893 bits per heavy atom. The van der Waals surface area contributed by atoms with Gasteiger partial charge in [-0.15, -0.1) is 0 Å². The van der Waals surface area contributed by atoms with Crippen LogP contribution in [0.25, 0.3) is 0 Å². The minimum atomic E-state index is -3.70. The molecule has 0 radical (unpaired) electrons. The number of carbonyl (C=O) groups is 1. The summed E-state index contributed by atoms with van der Waals surface area (Å²) in [4.78, 5) is 12.0. The van der Waals surface area contributed by atoms with Crippen molar-refractivity contribution < 1.29 is 17.9 Å². The lowest BCUT2D eigenvalue weighted by Crippen LogP contribution is -2.20. The number of hydrogen-bond donors (Lipinski definition) is 2. The molecule has 2 N–H and O–H groups in total. The smallest absolute Gasteiger partial charge is 0.262 e. The van der Waals surface area contributed by atoms with E-state index < -0.39 is 10.0 Å². The maximum Gasteiger partial charge on any atom is 0.262 e. The number of carbonyl (C=O) groups excluding carboxylic acids is 1. The van der Waals surface area contributed by atoms with Gasteiger partial charge in [0, 0.05) is 16.4 Å². The van der Waals surface area contributed by atoms with Gasteiger partial charge in [-0.25, -0.2) is 8.42 Å². The van der Waals surface area contributed by atoms with E-state index >= 15 is 0 Å². The quantitative estimate of drug-likeness (QED) is 0.605. The lowest BCUT2D eigenvalue weighted by molar-refractivity contribution is -0.118. The molecule has 0 atom stereocenters. The summed E-state index contributed by atoms with van der Waals surface area (Å²) in [7, 11) is -3.70. The van der Waals surface area contributed by atoms with Crippen molar-refractivity contribution in [3.8, 4) is 5.75 Å². The molecule has 0 heterocycles. The van der Waals surface area contributed by atoms with E-state index in [0.717, 1.165) is 0 Å². The van der Waals surface area contributed by atoms with Crippen LogP contribution < -0.4 is 14.8 Å². The number of benzene rings is 3. The fourth-order valence-electron chi connectivity index (χ4n) is 2.35. The number of amides is 1. The van der Waals surface area contributed by atoms with Gasteiger partial charge in [-0.05, 0) is 54.6 Å². The van der Waals surface area contributed by atoms with E-state index in [1.54, 1.807) is 54.6 Å². The minimum absolute atomic E-state index is 0.0899. The molecular formula is C20H17ClN2O4S. The van der Waals surface area contributed by atoms with E-state index in [-0.39, 0.29) is 17.4 Å². The number of sulfonamides is 1. The van der Waals surface area contributed by atoms with Crippen LogP contribution in [0.5, 0.6) is 5.75 Å². The number of nitrogens with one attached hydrogen (secondary N) is 2. The van der Waals surface area contributed by atoms with Gasteiger partial charge in [0.1, 0.15) is 5.75 Å². The lowest BCUT2D eigenvalue weighted by atomic mass is 10.3. The van der Waals surface area contributed by atoms with Gasteiger partial charge in [0.15, 0.2) is 6.61 Å². The highest BCUT2D eigenvalue weighted by Crippen LogP contribution is 2.19. The molecular weight excluding hydrogens is 400 g/mol. The first-order chi connectivity index (χ1) is 13.4. The molecule has 144 valence electrons. The van der Waals surface area contributed by atoms with Crippen LogP contribution in [0.2, 0.25) is 5.02 Å². The molecule has 0 fully saturated rings. The molecule has 8 heteroatoms. The molecule has 0 spiro atoms. The van der Waals surface area contributed by atoms with E-state index in [1.807, 2.05) is 0 Å². The van der Waals surface area contributed by atoms with Crippen molar-refractivity contribution in [1.82, 2.24) is 0 Å². The van der Waals surface area contributed by atoms with E-state index in [9.17, 15) is 13.2 Å². The molecule has 6 nitrogen and oxygen atoms in total. The number of hydrogen-bond acceptors (Lipinski definition) is 4. The van der Waals surface area contributed by atoms with E-state index in [2.05, 4.69) is 10.0 Å². The first-order valence-corrected chi connectivity index (χ1v) is 10.1. The van der Waals surface area contributed by atoms with Gasteiger partial charge >= 0.3 is 0 Å². The second-order valence-electron chi connectivity index (χ2n) is 5.79. The highest BCUT2D eigenvalue weighted by atomic mass is 35.5. The highest BCUT2D eigenvalue weighted by Gasteiger charge is 2.14. The van der Waals surface area contributed by atoms with Crippen LogP contribution in [0, 0.1) is 0 Å². The van der Waals surface area contributed by atoms with Gasteiger partial charge in [-0.2, -0.15) is 0 Å². The molecule has 3 rings (SSSR count). The Bertz CT molecular complexity index is 1060. The molecule has 3 aromatic carbocycles. The number of halogens is 1. The zero-order valence-corrected chi connectivity index (χ0v) is 16.2. The fourth-order valence-corrected chi connectivity index (χ4v) is 3.60. The van der Waals surface area contributed by atoms with Crippen LogP contribution >= 0.6 is 11.6 Å². The van der Waals surface area contributed by atoms with Crippen LogP contribution in [0.15, 0.2) is 83.8 Å².